The number of carbonyl (C=O) groups excluding carboxylic acids is 1. The van der Waals surface area contributed by atoms with Crippen LogP contribution in [0.3, 0.4) is 0 Å². The van der Waals surface area contributed by atoms with Crippen LogP contribution >= 0.6 is 11.3 Å². The fourth-order valence-corrected chi connectivity index (χ4v) is 5.78. The van der Waals surface area contributed by atoms with Gasteiger partial charge in [-0.05, 0) is 55.3 Å². The molecule has 0 bridgehead atoms. The lowest BCUT2D eigenvalue weighted by molar-refractivity contribution is -0.139. The Morgan fingerprint density at radius 3 is 2.34 bits per heavy atom. The maximum Gasteiger partial charge on any atom is 0.338 e. The van der Waals surface area contributed by atoms with Crippen LogP contribution in [0.4, 0.5) is 22.0 Å². The Morgan fingerprint density at radius 1 is 1.02 bits per heavy atom. The van der Waals surface area contributed by atoms with Crippen molar-refractivity contribution in [2.24, 2.45) is 4.99 Å². The standard InChI is InChI=1S/C31H23F5N2O5S/c1-4-42-30(40)24-15(2)37-31-38(27(24)17-6-8-19(32)9-7-17)29(39)23(44-31)12-16-5-10-22(41-3)18(11-16)14-43-28-25(35)20(33)13-21(34)26(28)36/h5-13,27H,4,14H2,1-3H3/b23-12+. The number of fused-ring (bicyclic) bond motifs is 1. The van der Waals surface area contributed by atoms with Gasteiger partial charge in [-0.3, -0.25) is 9.36 Å². The van der Waals surface area contributed by atoms with E-state index in [1.807, 2.05) is 0 Å². The molecule has 1 aromatic heterocycles. The van der Waals surface area contributed by atoms with Gasteiger partial charge in [-0.25, -0.2) is 23.0 Å². The minimum Gasteiger partial charge on any atom is -0.496 e. The van der Waals surface area contributed by atoms with Crippen molar-refractivity contribution < 1.29 is 41.0 Å². The van der Waals surface area contributed by atoms with Gasteiger partial charge in [0.2, 0.25) is 11.6 Å². The second kappa shape index (κ2) is 12.4. The maximum absolute atomic E-state index is 14.1. The van der Waals surface area contributed by atoms with Crippen LogP contribution in [0.2, 0.25) is 0 Å². The Morgan fingerprint density at radius 2 is 1.70 bits per heavy atom. The molecule has 5 rings (SSSR count). The summed E-state index contributed by atoms with van der Waals surface area (Å²) in [5.74, 6) is -8.74. The van der Waals surface area contributed by atoms with Crippen LogP contribution in [-0.2, 0) is 16.1 Å². The zero-order valence-electron chi connectivity index (χ0n) is 23.4. The molecule has 0 saturated carbocycles. The summed E-state index contributed by atoms with van der Waals surface area (Å²) in [6.45, 7) is 2.82. The molecule has 7 nitrogen and oxygen atoms in total. The number of carbonyl (C=O) groups is 1. The SMILES string of the molecule is CCOC(=O)C1=C(C)N=c2s/c(=C/c3ccc(OC)c(COc4c(F)c(F)cc(F)c4F)c3)c(=O)n2C1c1ccc(F)cc1. The topological polar surface area (TPSA) is 79.1 Å². The molecule has 3 aromatic carbocycles. The van der Waals surface area contributed by atoms with E-state index in [0.717, 1.165) is 11.3 Å². The van der Waals surface area contributed by atoms with Gasteiger partial charge in [-0.2, -0.15) is 8.78 Å². The number of halogens is 5. The molecule has 1 aliphatic rings. The normalized spacial score (nSPS) is 14.7. The number of methoxy groups -OCH3 is 1. The summed E-state index contributed by atoms with van der Waals surface area (Å²) in [6, 6.07) is 9.16. The molecule has 0 saturated heterocycles. The van der Waals surface area contributed by atoms with E-state index < -0.39 is 59.0 Å². The first-order valence-electron chi connectivity index (χ1n) is 13.1. The number of ether oxygens (including phenoxy) is 3. The minimum atomic E-state index is -1.69. The van der Waals surface area contributed by atoms with Crippen molar-refractivity contribution in [2.75, 3.05) is 13.7 Å². The van der Waals surface area contributed by atoms with Crippen molar-refractivity contribution in [1.29, 1.82) is 0 Å². The third-order valence-corrected chi connectivity index (χ3v) is 7.73. The molecule has 0 fully saturated rings. The van der Waals surface area contributed by atoms with E-state index >= 15 is 0 Å². The average molecular weight is 631 g/mol. The van der Waals surface area contributed by atoms with Crippen LogP contribution in [0.25, 0.3) is 6.08 Å². The molecule has 44 heavy (non-hydrogen) atoms. The summed E-state index contributed by atoms with van der Waals surface area (Å²) in [7, 11) is 1.35. The van der Waals surface area contributed by atoms with E-state index in [9.17, 15) is 31.5 Å². The van der Waals surface area contributed by atoms with E-state index in [-0.39, 0.29) is 38.9 Å². The van der Waals surface area contributed by atoms with Gasteiger partial charge in [0.25, 0.3) is 5.56 Å². The quantitative estimate of drug-likeness (QED) is 0.154. The summed E-state index contributed by atoms with van der Waals surface area (Å²) in [6.07, 6.45) is 1.53. The highest BCUT2D eigenvalue weighted by Crippen LogP contribution is 2.31. The number of aromatic nitrogens is 1. The number of hydrogen-bond donors (Lipinski definition) is 0. The monoisotopic (exact) mass is 630 g/mol. The van der Waals surface area contributed by atoms with Gasteiger partial charge in [-0.15, -0.1) is 0 Å². The number of hydrogen-bond acceptors (Lipinski definition) is 7. The highest BCUT2D eigenvalue weighted by atomic mass is 32.1. The summed E-state index contributed by atoms with van der Waals surface area (Å²) in [5.41, 5.74) is 1.14. The molecular weight excluding hydrogens is 607 g/mol. The third-order valence-electron chi connectivity index (χ3n) is 6.75. The Kier molecular flexibility index (Phi) is 8.68. The van der Waals surface area contributed by atoms with Gasteiger partial charge in [0, 0.05) is 11.6 Å². The molecular formula is C31H23F5N2O5S. The van der Waals surface area contributed by atoms with Crippen LogP contribution in [-0.4, -0.2) is 24.3 Å². The smallest absolute Gasteiger partial charge is 0.338 e. The molecule has 0 aliphatic carbocycles. The number of allylic oxidation sites excluding steroid dienone is 1. The van der Waals surface area contributed by atoms with Gasteiger partial charge in [0.1, 0.15) is 18.2 Å². The van der Waals surface area contributed by atoms with Crippen LogP contribution in [0.15, 0.2) is 69.6 Å². The highest BCUT2D eigenvalue weighted by Gasteiger charge is 2.33. The lowest BCUT2D eigenvalue weighted by Crippen LogP contribution is -2.39. The van der Waals surface area contributed by atoms with Crippen molar-refractivity contribution in [1.82, 2.24) is 4.57 Å². The molecule has 0 N–H and O–H groups in total. The molecule has 13 heteroatoms. The minimum absolute atomic E-state index is 0.0759. The lowest BCUT2D eigenvalue weighted by atomic mass is 9.96. The molecule has 0 amide bonds. The molecule has 1 atom stereocenters. The molecule has 0 spiro atoms. The van der Waals surface area contributed by atoms with Crippen LogP contribution < -0.4 is 24.4 Å². The van der Waals surface area contributed by atoms with Crippen LogP contribution in [0.1, 0.15) is 36.6 Å². The molecule has 228 valence electrons. The fourth-order valence-electron chi connectivity index (χ4n) is 4.73. The van der Waals surface area contributed by atoms with Crippen molar-refractivity contribution >= 4 is 23.4 Å². The predicted molar refractivity (Wildman–Crippen MR) is 150 cm³/mol. The summed E-state index contributed by atoms with van der Waals surface area (Å²) in [4.78, 5) is 31.5. The summed E-state index contributed by atoms with van der Waals surface area (Å²) < 4.78 is 86.5. The van der Waals surface area contributed by atoms with Crippen molar-refractivity contribution in [2.45, 2.75) is 26.5 Å². The zero-order valence-corrected chi connectivity index (χ0v) is 24.2. The first-order chi connectivity index (χ1) is 21.0. The summed E-state index contributed by atoms with van der Waals surface area (Å²) in [5, 5.41) is 0. The predicted octanol–water partition coefficient (Wildman–Crippen LogP) is 5.08. The lowest BCUT2D eigenvalue weighted by Gasteiger charge is -2.24. The molecule has 0 radical (unpaired) electrons. The Hall–Kier alpha value is -4.78. The number of esters is 1. The number of thiazole rings is 1. The highest BCUT2D eigenvalue weighted by molar-refractivity contribution is 7.07. The number of nitrogens with zero attached hydrogens (tertiary/aromatic N) is 2. The maximum atomic E-state index is 14.1. The molecule has 2 heterocycles. The number of rotatable bonds is 8. The largest absolute Gasteiger partial charge is 0.496 e. The van der Waals surface area contributed by atoms with Crippen LogP contribution in [0.5, 0.6) is 11.5 Å². The Bertz CT molecular complexity index is 1960. The summed E-state index contributed by atoms with van der Waals surface area (Å²) >= 11 is 1.05. The Balaban J connectivity index is 1.58. The van der Waals surface area contributed by atoms with Gasteiger partial charge < -0.3 is 14.2 Å². The van der Waals surface area contributed by atoms with E-state index in [1.54, 1.807) is 19.9 Å². The first kappa shape index (κ1) is 30.7. The van der Waals surface area contributed by atoms with Crippen molar-refractivity contribution in [3.63, 3.8) is 0 Å². The fraction of sp³-hybridized carbons (Fsp3) is 0.194. The molecule has 1 unspecified atom stereocenters. The van der Waals surface area contributed by atoms with Gasteiger partial charge >= 0.3 is 5.97 Å². The van der Waals surface area contributed by atoms with Crippen LogP contribution in [0, 0.1) is 29.1 Å². The van der Waals surface area contributed by atoms with E-state index in [0.29, 0.717) is 16.8 Å². The van der Waals surface area contributed by atoms with Gasteiger partial charge in [0.05, 0.1) is 35.6 Å². The third kappa shape index (κ3) is 5.74. The average Bonchev–Trinajstić information content (AvgIpc) is 3.29. The second-order valence-corrected chi connectivity index (χ2v) is 10.5. The van der Waals surface area contributed by atoms with Gasteiger partial charge in [0.15, 0.2) is 22.2 Å². The second-order valence-electron chi connectivity index (χ2n) is 9.51. The molecule has 1 aliphatic heterocycles. The van der Waals surface area contributed by atoms with E-state index in [4.69, 9.17) is 14.2 Å². The van der Waals surface area contributed by atoms with Crippen molar-refractivity contribution in [3.8, 4) is 11.5 Å². The van der Waals surface area contributed by atoms with Gasteiger partial charge in [-0.1, -0.05) is 29.5 Å². The first-order valence-corrected chi connectivity index (χ1v) is 13.9. The van der Waals surface area contributed by atoms with Crippen molar-refractivity contribution in [3.05, 3.63) is 125 Å². The van der Waals surface area contributed by atoms with E-state index in [1.165, 1.54) is 54.2 Å². The molecule has 4 aromatic rings. The Labute approximate surface area is 250 Å². The van der Waals surface area contributed by atoms with E-state index in [2.05, 4.69) is 4.99 Å². The number of benzene rings is 3. The zero-order chi connectivity index (χ0) is 31.7.